The first-order chi connectivity index (χ1) is 9.15. The van der Waals surface area contributed by atoms with Crippen LogP contribution in [0.15, 0.2) is 18.2 Å². The van der Waals surface area contributed by atoms with Crippen molar-refractivity contribution >= 4 is 5.91 Å². The highest BCUT2D eigenvalue weighted by Crippen LogP contribution is 2.47. The Morgan fingerprint density at radius 2 is 2.16 bits per heavy atom. The molecule has 0 radical (unpaired) electrons. The number of nitrogens with one attached hydrogen (secondary N) is 2. The fraction of sp³-hybridized carbons (Fsp3) is 0.500. The van der Waals surface area contributed by atoms with E-state index in [2.05, 4.69) is 10.6 Å². The molecule has 1 saturated carbocycles. The van der Waals surface area contributed by atoms with E-state index in [1.165, 1.54) is 6.07 Å². The predicted octanol–water partition coefficient (Wildman–Crippen LogP) is 1.55. The highest BCUT2D eigenvalue weighted by atomic mass is 19.2. The molecule has 1 saturated heterocycles. The highest BCUT2D eigenvalue weighted by molar-refractivity contribution is 5.83. The number of carbonyl (C=O) groups is 1. The summed E-state index contributed by atoms with van der Waals surface area (Å²) in [6.45, 7) is 1.75. The van der Waals surface area contributed by atoms with Crippen molar-refractivity contribution in [3.63, 3.8) is 0 Å². The van der Waals surface area contributed by atoms with Gasteiger partial charge >= 0.3 is 0 Å². The molecule has 19 heavy (non-hydrogen) atoms. The number of hydrogen-bond acceptors (Lipinski definition) is 2. The summed E-state index contributed by atoms with van der Waals surface area (Å²) in [7, 11) is 0. The van der Waals surface area contributed by atoms with Gasteiger partial charge in [0.15, 0.2) is 11.6 Å². The van der Waals surface area contributed by atoms with Gasteiger partial charge in [-0.05, 0) is 43.0 Å². The van der Waals surface area contributed by atoms with Crippen LogP contribution in [0.3, 0.4) is 0 Å². The van der Waals surface area contributed by atoms with E-state index in [1.807, 2.05) is 0 Å². The third-order valence-electron chi connectivity index (χ3n) is 3.91. The SMILES string of the molecule is O=C(NC1CCNC1)C1CC1c1ccc(F)c(F)c1. The molecule has 0 bridgehead atoms. The van der Waals surface area contributed by atoms with Crippen molar-refractivity contribution in [2.45, 2.75) is 24.8 Å². The molecule has 1 aromatic rings. The molecule has 3 atom stereocenters. The van der Waals surface area contributed by atoms with Crippen LogP contribution in [0.4, 0.5) is 8.78 Å². The van der Waals surface area contributed by atoms with Crippen LogP contribution in [0.2, 0.25) is 0 Å². The Morgan fingerprint density at radius 1 is 1.32 bits per heavy atom. The Labute approximate surface area is 110 Å². The average molecular weight is 266 g/mol. The second-order valence-electron chi connectivity index (χ2n) is 5.32. The van der Waals surface area contributed by atoms with Crippen LogP contribution in [0.25, 0.3) is 0 Å². The molecule has 102 valence electrons. The van der Waals surface area contributed by atoms with Crippen molar-refractivity contribution < 1.29 is 13.6 Å². The molecule has 1 aliphatic carbocycles. The van der Waals surface area contributed by atoms with Crippen LogP contribution in [-0.4, -0.2) is 25.0 Å². The van der Waals surface area contributed by atoms with Gasteiger partial charge in [0.1, 0.15) is 0 Å². The zero-order chi connectivity index (χ0) is 13.4. The summed E-state index contributed by atoms with van der Waals surface area (Å²) in [6.07, 6.45) is 1.67. The van der Waals surface area contributed by atoms with Gasteiger partial charge in [-0.1, -0.05) is 6.07 Å². The fourth-order valence-corrected chi connectivity index (χ4v) is 2.68. The molecule has 3 unspecified atom stereocenters. The van der Waals surface area contributed by atoms with Crippen LogP contribution in [-0.2, 0) is 4.79 Å². The van der Waals surface area contributed by atoms with Gasteiger partial charge in [-0.25, -0.2) is 8.78 Å². The summed E-state index contributed by atoms with van der Waals surface area (Å²) in [5.41, 5.74) is 0.712. The molecule has 1 aliphatic heterocycles. The number of hydrogen-bond donors (Lipinski definition) is 2. The molecule has 5 heteroatoms. The molecule has 2 N–H and O–H groups in total. The van der Waals surface area contributed by atoms with Gasteiger partial charge in [0, 0.05) is 18.5 Å². The molecule has 1 aromatic carbocycles. The first-order valence-corrected chi connectivity index (χ1v) is 6.61. The van der Waals surface area contributed by atoms with Gasteiger partial charge in [0.2, 0.25) is 5.91 Å². The van der Waals surface area contributed by atoms with E-state index in [0.29, 0.717) is 5.56 Å². The van der Waals surface area contributed by atoms with Crippen molar-refractivity contribution in [1.82, 2.24) is 10.6 Å². The highest BCUT2D eigenvalue weighted by Gasteiger charge is 2.44. The van der Waals surface area contributed by atoms with Crippen LogP contribution in [0, 0.1) is 17.6 Å². The van der Waals surface area contributed by atoms with E-state index in [-0.39, 0.29) is 23.8 Å². The average Bonchev–Trinajstić information content (AvgIpc) is 3.04. The maximum atomic E-state index is 13.1. The third kappa shape index (κ3) is 2.61. The smallest absolute Gasteiger partial charge is 0.224 e. The summed E-state index contributed by atoms with van der Waals surface area (Å²) >= 11 is 0. The zero-order valence-electron chi connectivity index (χ0n) is 10.5. The van der Waals surface area contributed by atoms with Gasteiger partial charge in [-0.3, -0.25) is 4.79 Å². The molecular weight excluding hydrogens is 250 g/mol. The minimum absolute atomic E-state index is 0.0310. The molecule has 1 amide bonds. The van der Waals surface area contributed by atoms with Crippen LogP contribution in [0.5, 0.6) is 0 Å². The van der Waals surface area contributed by atoms with Gasteiger partial charge in [0.05, 0.1) is 0 Å². The van der Waals surface area contributed by atoms with E-state index in [0.717, 1.165) is 32.0 Å². The normalized spacial score (nSPS) is 29.3. The van der Waals surface area contributed by atoms with Crippen LogP contribution < -0.4 is 10.6 Å². The molecule has 0 aromatic heterocycles. The van der Waals surface area contributed by atoms with Crippen molar-refractivity contribution in [2.24, 2.45) is 5.92 Å². The Balaban J connectivity index is 1.60. The van der Waals surface area contributed by atoms with E-state index < -0.39 is 11.6 Å². The summed E-state index contributed by atoms with van der Waals surface area (Å²) < 4.78 is 26.0. The summed E-state index contributed by atoms with van der Waals surface area (Å²) in [5.74, 6) is -1.72. The number of rotatable bonds is 3. The minimum atomic E-state index is -0.845. The Morgan fingerprint density at radius 3 is 2.84 bits per heavy atom. The Hall–Kier alpha value is -1.49. The van der Waals surface area contributed by atoms with E-state index in [1.54, 1.807) is 6.07 Å². The lowest BCUT2D eigenvalue weighted by molar-refractivity contribution is -0.123. The van der Waals surface area contributed by atoms with Crippen molar-refractivity contribution in [3.8, 4) is 0 Å². The molecule has 3 rings (SSSR count). The van der Waals surface area contributed by atoms with Crippen molar-refractivity contribution in [3.05, 3.63) is 35.4 Å². The largest absolute Gasteiger partial charge is 0.352 e. The topological polar surface area (TPSA) is 41.1 Å². The van der Waals surface area contributed by atoms with E-state index >= 15 is 0 Å². The molecule has 0 spiro atoms. The second-order valence-corrected chi connectivity index (χ2v) is 5.32. The van der Waals surface area contributed by atoms with Gasteiger partial charge in [-0.2, -0.15) is 0 Å². The molecule has 1 heterocycles. The standard InChI is InChI=1S/C14H16F2N2O/c15-12-2-1-8(5-13(12)16)10-6-11(10)14(19)18-9-3-4-17-7-9/h1-2,5,9-11,17H,3-4,6-7H2,(H,18,19). The van der Waals surface area contributed by atoms with Gasteiger partial charge in [-0.15, -0.1) is 0 Å². The Bertz CT molecular complexity index is 500. The zero-order valence-corrected chi connectivity index (χ0v) is 10.5. The first-order valence-electron chi connectivity index (χ1n) is 6.61. The number of benzene rings is 1. The van der Waals surface area contributed by atoms with E-state index in [9.17, 15) is 13.6 Å². The molecule has 2 fully saturated rings. The molecule has 3 nitrogen and oxygen atoms in total. The van der Waals surface area contributed by atoms with Crippen LogP contribution in [0.1, 0.15) is 24.3 Å². The monoisotopic (exact) mass is 266 g/mol. The lowest BCUT2D eigenvalue weighted by Gasteiger charge is -2.11. The number of amides is 1. The number of carbonyl (C=O) groups excluding carboxylic acids is 1. The quantitative estimate of drug-likeness (QED) is 0.871. The Kier molecular flexibility index (Phi) is 3.22. The summed E-state index contributed by atoms with van der Waals surface area (Å²) in [5, 5.41) is 6.18. The third-order valence-corrected chi connectivity index (χ3v) is 3.91. The fourth-order valence-electron chi connectivity index (χ4n) is 2.68. The second kappa shape index (κ2) is 4.89. The lowest BCUT2D eigenvalue weighted by Crippen LogP contribution is -2.37. The first kappa shape index (κ1) is 12.5. The van der Waals surface area contributed by atoms with Gasteiger partial charge in [0.25, 0.3) is 0 Å². The minimum Gasteiger partial charge on any atom is -0.352 e. The predicted molar refractivity (Wildman–Crippen MR) is 66.6 cm³/mol. The van der Waals surface area contributed by atoms with E-state index in [4.69, 9.17) is 0 Å². The number of halogens is 2. The van der Waals surface area contributed by atoms with Crippen molar-refractivity contribution in [1.29, 1.82) is 0 Å². The molecule has 2 aliphatic rings. The van der Waals surface area contributed by atoms with Crippen molar-refractivity contribution in [2.75, 3.05) is 13.1 Å². The summed E-state index contributed by atoms with van der Waals surface area (Å²) in [6, 6.07) is 4.09. The maximum Gasteiger partial charge on any atom is 0.224 e. The lowest BCUT2D eigenvalue weighted by atomic mass is 10.1. The maximum absolute atomic E-state index is 13.1. The summed E-state index contributed by atoms with van der Waals surface area (Å²) in [4.78, 5) is 12.0. The van der Waals surface area contributed by atoms with Crippen LogP contribution >= 0.6 is 0 Å². The molecular formula is C14H16F2N2O. The van der Waals surface area contributed by atoms with Gasteiger partial charge < -0.3 is 10.6 Å².